The predicted molar refractivity (Wildman–Crippen MR) is 74.5 cm³/mol. The standard InChI is InChI=1S/C16H12FNO3/c1-9-6-13-15(16(20)18-9)11(8-14(19)21-13)7-10-4-2-3-5-12(10)17/h2-5,8H,1,6-7H2,(H,18,20). The molecule has 0 saturated carbocycles. The smallest absolute Gasteiger partial charge is 0.336 e. The quantitative estimate of drug-likeness (QED) is 0.920. The molecule has 1 N–H and O–H groups in total. The lowest BCUT2D eigenvalue weighted by Gasteiger charge is -2.19. The summed E-state index contributed by atoms with van der Waals surface area (Å²) in [6.07, 6.45) is 0.419. The second-order valence-corrected chi connectivity index (χ2v) is 4.89. The minimum Gasteiger partial charge on any atom is -0.427 e. The van der Waals surface area contributed by atoms with Crippen molar-refractivity contribution >= 4 is 5.91 Å². The molecule has 1 aliphatic heterocycles. The first-order valence-corrected chi connectivity index (χ1v) is 6.43. The van der Waals surface area contributed by atoms with Gasteiger partial charge in [-0.1, -0.05) is 24.8 Å². The Kier molecular flexibility index (Phi) is 3.17. The number of benzene rings is 1. The van der Waals surface area contributed by atoms with E-state index in [-0.39, 0.29) is 30.3 Å². The summed E-state index contributed by atoms with van der Waals surface area (Å²) in [4.78, 5) is 23.7. The summed E-state index contributed by atoms with van der Waals surface area (Å²) in [7, 11) is 0. The molecule has 0 atom stereocenters. The molecule has 2 aromatic rings. The van der Waals surface area contributed by atoms with Crippen molar-refractivity contribution in [3.8, 4) is 0 Å². The Hall–Kier alpha value is -2.69. The average Bonchev–Trinajstić information content (AvgIpc) is 2.40. The molecule has 21 heavy (non-hydrogen) atoms. The van der Waals surface area contributed by atoms with Crippen molar-refractivity contribution in [1.29, 1.82) is 0 Å². The Balaban J connectivity index is 2.11. The lowest BCUT2D eigenvalue weighted by atomic mass is 9.95. The van der Waals surface area contributed by atoms with Crippen LogP contribution in [0.15, 0.2) is 51.8 Å². The van der Waals surface area contributed by atoms with Crippen molar-refractivity contribution in [2.24, 2.45) is 0 Å². The zero-order valence-electron chi connectivity index (χ0n) is 11.1. The predicted octanol–water partition coefficient (Wildman–Crippen LogP) is 2.17. The molecule has 4 nitrogen and oxygen atoms in total. The first-order valence-electron chi connectivity index (χ1n) is 6.43. The van der Waals surface area contributed by atoms with Crippen molar-refractivity contribution in [1.82, 2.24) is 5.32 Å². The first kappa shape index (κ1) is 13.3. The summed E-state index contributed by atoms with van der Waals surface area (Å²) in [5.41, 5.74) is 1.09. The van der Waals surface area contributed by atoms with E-state index in [0.717, 1.165) is 0 Å². The molecule has 0 unspecified atom stereocenters. The fraction of sp³-hybridized carbons (Fsp3) is 0.125. The van der Waals surface area contributed by atoms with Crippen LogP contribution in [0.4, 0.5) is 4.39 Å². The van der Waals surface area contributed by atoms with E-state index in [4.69, 9.17) is 4.42 Å². The van der Waals surface area contributed by atoms with E-state index in [1.807, 2.05) is 0 Å². The van der Waals surface area contributed by atoms with Gasteiger partial charge < -0.3 is 9.73 Å². The van der Waals surface area contributed by atoms with Gasteiger partial charge in [0.1, 0.15) is 11.6 Å². The summed E-state index contributed by atoms with van der Waals surface area (Å²) in [5, 5.41) is 2.61. The lowest BCUT2D eigenvalue weighted by molar-refractivity contribution is 0.0952. The Morgan fingerprint density at radius 2 is 2.00 bits per heavy atom. The third-order valence-corrected chi connectivity index (χ3v) is 3.35. The van der Waals surface area contributed by atoms with E-state index >= 15 is 0 Å². The van der Waals surface area contributed by atoms with Gasteiger partial charge in [0, 0.05) is 24.6 Å². The van der Waals surface area contributed by atoms with Crippen LogP contribution < -0.4 is 10.9 Å². The van der Waals surface area contributed by atoms with Crippen molar-refractivity contribution < 1.29 is 13.6 Å². The van der Waals surface area contributed by atoms with Crippen LogP contribution in [0.1, 0.15) is 27.2 Å². The SMILES string of the molecule is C=C1Cc2oc(=O)cc(Cc3ccccc3F)c2C(=O)N1. The summed E-state index contributed by atoms with van der Waals surface area (Å²) >= 11 is 0. The number of hydrogen-bond acceptors (Lipinski definition) is 3. The highest BCUT2D eigenvalue weighted by Gasteiger charge is 2.25. The molecule has 3 rings (SSSR count). The zero-order valence-corrected chi connectivity index (χ0v) is 11.1. The lowest BCUT2D eigenvalue weighted by Crippen LogP contribution is -2.32. The number of amides is 1. The largest absolute Gasteiger partial charge is 0.427 e. The topological polar surface area (TPSA) is 59.3 Å². The van der Waals surface area contributed by atoms with Crippen molar-refractivity contribution in [2.45, 2.75) is 12.8 Å². The van der Waals surface area contributed by atoms with Gasteiger partial charge in [-0.3, -0.25) is 4.79 Å². The average molecular weight is 285 g/mol. The fourth-order valence-electron chi connectivity index (χ4n) is 2.44. The van der Waals surface area contributed by atoms with Crippen LogP contribution in [0, 0.1) is 5.82 Å². The molecular formula is C16H12FNO3. The second kappa shape index (κ2) is 5.01. The molecule has 1 aliphatic rings. The molecule has 1 aromatic carbocycles. The molecule has 1 amide bonds. The molecule has 0 aliphatic carbocycles. The van der Waals surface area contributed by atoms with Crippen LogP contribution in [0.5, 0.6) is 0 Å². The van der Waals surface area contributed by atoms with Crippen molar-refractivity contribution in [3.63, 3.8) is 0 Å². The molecule has 106 valence electrons. The van der Waals surface area contributed by atoms with Crippen LogP contribution in [-0.4, -0.2) is 5.91 Å². The monoisotopic (exact) mass is 285 g/mol. The third kappa shape index (κ3) is 2.50. The first-order chi connectivity index (χ1) is 10.0. The van der Waals surface area contributed by atoms with Gasteiger partial charge in [-0.05, 0) is 17.2 Å². The highest BCUT2D eigenvalue weighted by molar-refractivity contribution is 5.99. The molecule has 5 heteroatoms. The fourth-order valence-corrected chi connectivity index (χ4v) is 2.44. The van der Waals surface area contributed by atoms with E-state index in [0.29, 0.717) is 22.4 Å². The van der Waals surface area contributed by atoms with Gasteiger partial charge in [0.15, 0.2) is 0 Å². The van der Waals surface area contributed by atoms with Gasteiger partial charge in [-0.25, -0.2) is 9.18 Å². The minimum absolute atomic E-state index is 0.153. The van der Waals surface area contributed by atoms with E-state index < -0.39 is 5.63 Å². The summed E-state index contributed by atoms with van der Waals surface area (Å²) in [5.74, 6) is -0.473. The summed E-state index contributed by atoms with van der Waals surface area (Å²) in [6.45, 7) is 3.67. The van der Waals surface area contributed by atoms with Gasteiger partial charge in [0.05, 0.1) is 5.56 Å². The molecule has 1 aromatic heterocycles. The molecule has 2 heterocycles. The number of carbonyl (C=O) groups is 1. The van der Waals surface area contributed by atoms with Gasteiger partial charge in [-0.2, -0.15) is 0 Å². The molecule has 0 bridgehead atoms. The van der Waals surface area contributed by atoms with Crippen LogP contribution in [0.3, 0.4) is 0 Å². The van der Waals surface area contributed by atoms with E-state index in [2.05, 4.69) is 11.9 Å². The highest BCUT2D eigenvalue weighted by Crippen LogP contribution is 2.23. The highest BCUT2D eigenvalue weighted by atomic mass is 19.1. The van der Waals surface area contributed by atoms with Crippen LogP contribution in [0.2, 0.25) is 0 Å². The Morgan fingerprint density at radius 3 is 2.76 bits per heavy atom. The molecule has 0 radical (unpaired) electrons. The maximum absolute atomic E-state index is 13.8. The number of allylic oxidation sites excluding steroid dienone is 1. The Bertz CT molecular complexity index is 807. The van der Waals surface area contributed by atoms with Gasteiger partial charge in [-0.15, -0.1) is 0 Å². The van der Waals surface area contributed by atoms with Crippen molar-refractivity contribution in [3.05, 3.63) is 81.3 Å². The van der Waals surface area contributed by atoms with Crippen LogP contribution >= 0.6 is 0 Å². The molecule has 0 spiro atoms. The Morgan fingerprint density at radius 1 is 1.24 bits per heavy atom. The van der Waals surface area contributed by atoms with E-state index in [1.165, 1.54) is 12.1 Å². The van der Waals surface area contributed by atoms with Crippen LogP contribution in [0.25, 0.3) is 0 Å². The number of nitrogens with one attached hydrogen (secondary N) is 1. The van der Waals surface area contributed by atoms with E-state index in [9.17, 15) is 14.0 Å². The van der Waals surface area contributed by atoms with E-state index in [1.54, 1.807) is 18.2 Å². The van der Waals surface area contributed by atoms with Gasteiger partial charge in [0.25, 0.3) is 5.91 Å². The van der Waals surface area contributed by atoms with Crippen LogP contribution in [-0.2, 0) is 12.8 Å². The van der Waals surface area contributed by atoms with Gasteiger partial charge >= 0.3 is 5.63 Å². The van der Waals surface area contributed by atoms with Crippen molar-refractivity contribution in [2.75, 3.05) is 0 Å². The molecular weight excluding hydrogens is 273 g/mol. The summed E-state index contributed by atoms with van der Waals surface area (Å²) < 4.78 is 18.8. The maximum atomic E-state index is 13.8. The number of halogens is 1. The summed E-state index contributed by atoms with van der Waals surface area (Å²) in [6, 6.07) is 7.49. The normalized spacial score (nSPS) is 13.8. The second-order valence-electron chi connectivity index (χ2n) is 4.89. The zero-order chi connectivity index (χ0) is 15.0. The Labute approximate surface area is 119 Å². The maximum Gasteiger partial charge on any atom is 0.336 e. The number of hydrogen-bond donors (Lipinski definition) is 1. The van der Waals surface area contributed by atoms with Gasteiger partial charge in [0.2, 0.25) is 0 Å². The number of fused-ring (bicyclic) bond motifs is 1. The number of carbonyl (C=O) groups excluding carboxylic acids is 1. The molecule has 0 fully saturated rings. The number of rotatable bonds is 2. The third-order valence-electron chi connectivity index (χ3n) is 3.35. The molecule has 0 saturated heterocycles. The minimum atomic E-state index is -0.553.